The maximum Gasteiger partial charge on any atom is 0.466 e. The summed E-state index contributed by atoms with van der Waals surface area (Å²) in [6, 6.07) is 3.66. The molecule has 150 valence electrons. The minimum absolute atomic E-state index is 0.124. The zero-order chi connectivity index (χ0) is 20.4. The molecule has 8 heteroatoms. The van der Waals surface area contributed by atoms with Crippen LogP contribution >= 0.6 is 15.9 Å². The minimum Gasteiger partial charge on any atom is -0.493 e. The monoisotopic (exact) mass is 442 g/mol. The summed E-state index contributed by atoms with van der Waals surface area (Å²) in [5.74, 6) is 0.483. The molecular weight excluding hydrogens is 415 g/mol. The molecule has 0 radical (unpaired) electrons. The molecule has 1 aliphatic heterocycles. The number of ether oxygens (including phenoxy) is 3. The number of carbonyl (C=O) groups is 1. The van der Waals surface area contributed by atoms with Crippen LogP contribution in [0.4, 0.5) is 0 Å². The second-order valence-corrected chi connectivity index (χ2v) is 8.32. The van der Waals surface area contributed by atoms with Gasteiger partial charge in [-0.05, 0) is 52.3 Å². The van der Waals surface area contributed by atoms with Gasteiger partial charge in [0.25, 0.3) is 0 Å². The van der Waals surface area contributed by atoms with Crippen LogP contribution in [-0.4, -0.2) is 45.1 Å². The van der Waals surface area contributed by atoms with Crippen LogP contribution in [-0.2, 0) is 18.8 Å². The Bertz CT molecular complexity index is 675. The number of hydrogen-bond donors (Lipinski definition) is 0. The third-order valence-corrected chi connectivity index (χ3v) is 5.88. The van der Waals surface area contributed by atoms with Crippen LogP contribution in [0, 0.1) is 0 Å². The summed E-state index contributed by atoms with van der Waals surface area (Å²) in [5.41, 5.74) is -0.180. The van der Waals surface area contributed by atoms with Crippen LogP contribution in [0.2, 0.25) is 0 Å². The Morgan fingerprint density at radius 3 is 2.11 bits per heavy atom. The summed E-state index contributed by atoms with van der Waals surface area (Å²) >= 11 is 3.59. The summed E-state index contributed by atoms with van der Waals surface area (Å²) in [4.78, 5) is 12.3. The lowest BCUT2D eigenvalue weighted by Gasteiger charge is -2.32. The van der Waals surface area contributed by atoms with Gasteiger partial charge in [-0.3, -0.25) is 4.79 Å². The van der Waals surface area contributed by atoms with Crippen LogP contribution in [0.15, 0.2) is 16.6 Å². The van der Waals surface area contributed by atoms with Crippen LogP contribution in [0.25, 0.3) is 0 Å². The Balaban J connectivity index is 2.47. The number of rotatable bonds is 7. The van der Waals surface area contributed by atoms with Gasteiger partial charge in [0.1, 0.15) is 0 Å². The zero-order valence-electron chi connectivity index (χ0n) is 17.1. The molecule has 0 spiro atoms. The average Bonchev–Trinajstić information content (AvgIpc) is 2.80. The van der Waals surface area contributed by atoms with Gasteiger partial charge in [-0.1, -0.05) is 15.9 Å². The molecule has 1 heterocycles. The van der Waals surface area contributed by atoms with Crippen LogP contribution in [0.1, 0.15) is 52.4 Å². The molecule has 0 bridgehead atoms. The van der Waals surface area contributed by atoms with E-state index in [4.69, 9.17) is 23.5 Å². The first kappa shape index (κ1) is 22.0. The zero-order valence-corrected chi connectivity index (χ0v) is 18.6. The van der Waals surface area contributed by atoms with Gasteiger partial charge in [-0.25, -0.2) is 0 Å². The molecule has 1 aromatic carbocycles. The second kappa shape index (κ2) is 8.41. The summed E-state index contributed by atoms with van der Waals surface area (Å²) in [7, 11) is 2.55. The third kappa shape index (κ3) is 4.61. The van der Waals surface area contributed by atoms with Gasteiger partial charge in [-0.15, -0.1) is 0 Å². The molecule has 1 aliphatic rings. The highest BCUT2D eigenvalue weighted by Gasteiger charge is 2.54. The van der Waals surface area contributed by atoms with E-state index in [0.29, 0.717) is 18.1 Å². The molecule has 0 amide bonds. The predicted octanol–water partition coefficient (Wildman–Crippen LogP) is 4.13. The normalized spacial score (nSPS) is 18.9. The van der Waals surface area contributed by atoms with Gasteiger partial charge in [0.2, 0.25) is 0 Å². The minimum atomic E-state index is -0.603. The summed E-state index contributed by atoms with van der Waals surface area (Å²) in [6.07, 6.45) is 0.124. The fourth-order valence-corrected chi connectivity index (χ4v) is 3.58. The van der Waals surface area contributed by atoms with Crippen molar-refractivity contribution >= 4 is 29.0 Å². The molecule has 1 unspecified atom stereocenters. The Labute approximate surface area is 170 Å². The van der Waals surface area contributed by atoms with Crippen LogP contribution in [0.3, 0.4) is 0 Å². The highest BCUT2D eigenvalue weighted by molar-refractivity contribution is 9.10. The third-order valence-electron chi connectivity index (χ3n) is 5.19. The van der Waals surface area contributed by atoms with Crippen LogP contribution < -0.4 is 9.47 Å². The highest BCUT2D eigenvalue weighted by Crippen LogP contribution is 2.45. The molecule has 0 N–H and O–H groups in total. The number of hydrogen-bond acceptors (Lipinski definition) is 6. The van der Waals surface area contributed by atoms with Crippen molar-refractivity contribution in [3.8, 4) is 11.5 Å². The fourth-order valence-electron chi connectivity index (χ4n) is 2.96. The Morgan fingerprint density at radius 1 is 1.11 bits per heavy atom. The SMILES string of the molecule is CCOC(=O)CC(B1OC(C)(C)C(C)(C)O1)c1cc(OC)c(OC)cc1Br. The molecule has 1 fully saturated rings. The number of carbonyl (C=O) groups excluding carboxylic acids is 1. The van der Waals surface area contributed by atoms with E-state index >= 15 is 0 Å². The van der Waals surface area contributed by atoms with Gasteiger partial charge in [0.05, 0.1) is 38.4 Å². The van der Waals surface area contributed by atoms with E-state index in [1.807, 2.05) is 39.8 Å². The molecule has 0 aliphatic carbocycles. The summed E-state index contributed by atoms with van der Waals surface area (Å²) < 4.78 is 29.2. The van der Waals surface area contributed by atoms with E-state index in [9.17, 15) is 4.79 Å². The lowest BCUT2D eigenvalue weighted by molar-refractivity contribution is -0.143. The van der Waals surface area contributed by atoms with E-state index in [-0.39, 0.29) is 18.2 Å². The van der Waals surface area contributed by atoms with Gasteiger partial charge in [0, 0.05) is 10.3 Å². The van der Waals surface area contributed by atoms with Gasteiger partial charge in [0.15, 0.2) is 11.5 Å². The number of esters is 1. The summed E-state index contributed by atoms with van der Waals surface area (Å²) in [6.45, 7) is 10.0. The molecule has 0 saturated carbocycles. The van der Waals surface area contributed by atoms with Crippen molar-refractivity contribution in [1.29, 1.82) is 0 Å². The standard InChI is InChI=1S/C19H28BBrO6/c1-8-25-17(22)10-13(20-26-18(2,3)19(4,5)27-20)12-9-15(23-6)16(24-7)11-14(12)21/h9,11,13H,8,10H2,1-7H3. The van der Waals surface area contributed by atoms with Crippen LogP contribution in [0.5, 0.6) is 11.5 Å². The predicted molar refractivity (Wildman–Crippen MR) is 107 cm³/mol. The van der Waals surface area contributed by atoms with E-state index < -0.39 is 18.3 Å². The molecule has 2 rings (SSSR count). The van der Waals surface area contributed by atoms with Crippen molar-refractivity contribution in [3.05, 3.63) is 22.2 Å². The number of halogens is 1. The van der Waals surface area contributed by atoms with Gasteiger partial charge < -0.3 is 23.5 Å². The van der Waals surface area contributed by atoms with Crippen molar-refractivity contribution in [2.75, 3.05) is 20.8 Å². The quantitative estimate of drug-likeness (QED) is 0.467. The van der Waals surface area contributed by atoms with Crippen molar-refractivity contribution in [2.24, 2.45) is 0 Å². The topological polar surface area (TPSA) is 63.2 Å². The fraction of sp³-hybridized carbons (Fsp3) is 0.632. The maximum atomic E-state index is 12.3. The largest absolute Gasteiger partial charge is 0.493 e. The first-order chi connectivity index (χ1) is 12.6. The maximum absolute atomic E-state index is 12.3. The first-order valence-corrected chi connectivity index (χ1v) is 9.78. The van der Waals surface area contributed by atoms with Crippen molar-refractivity contribution in [3.63, 3.8) is 0 Å². The Hall–Kier alpha value is -1.25. The Morgan fingerprint density at radius 2 is 1.63 bits per heavy atom. The van der Waals surface area contributed by atoms with E-state index in [2.05, 4.69) is 15.9 Å². The van der Waals surface area contributed by atoms with Crippen molar-refractivity contribution in [1.82, 2.24) is 0 Å². The lowest BCUT2D eigenvalue weighted by atomic mass is 9.66. The van der Waals surface area contributed by atoms with E-state index in [0.717, 1.165) is 10.0 Å². The van der Waals surface area contributed by atoms with Gasteiger partial charge >= 0.3 is 13.1 Å². The number of methoxy groups -OCH3 is 2. The first-order valence-electron chi connectivity index (χ1n) is 8.99. The van der Waals surface area contributed by atoms with E-state index in [1.165, 1.54) is 0 Å². The van der Waals surface area contributed by atoms with Gasteiger partial charge in [-0.2, -0.15) is 0 Å². The molecule has 1 aromatic rings. The molecule has 27 heavy (non-hydrogen) atoms. The highest BCUT2D eigenvalue weighted by atomic mass is 79.9. The van der Waals surface area contributed by atoms with E-state index in [1.54, 1.807) is 21.1 Å². The second-order valence-electron chi connectivity index (χ2n) is 7.47. The molecule has 0 aromatic heterocycles. The molecule has 6 nitrogen and oxygen atoms in total. The Kier molecular flexibility index (Phi) is 6.87. The molecule has 1 saturated heterocycles. The smallest absolute Gasteiger partial charge is 0.466 e. The van der Waals surface area contributed by atoms with Crippen molar-refractivity contribution < 1.29 is 28.3 Å². The molecular formula is C19H28BBrO6. The lowest BCUT2D eigenvalue weighted by Crippen LogP contribution is -2.41. The van der Waals surface area contributed by atoms with Crippen molar-refractivity contribution in [2.45, 2.75) is 58.1 Å². The molecule has 1 atom stereocenters. The number of benzene rings is 1. The summed E-state index contributed by atoms with van der Waals surface area (Å²) in [5, 5.41) is 0. The average molecular weight is 443 g/mol.